The number of imide groups is 1. The molecule has 190 valence electrons. The van der Waals surface area contributed by atoms with Crippen LogP contribution in [0.4, 0.5) is 11.5 Å². The normalized spacial score (nSPS) is 23.1. The molecule has 2 heterocycles. The molecule has 3 amide bonds. The lowest BCUT2D eigenvalue weighted by molar-refractivity contribution is -0.171. The number of rotatable bonds is 8. The van der Waals surface area contributed by atoms with Gasteiger partial charge in [0, 0.05) is 25.4 Å². The van der Waals surface area contributed by atoms with E-state index in [4.69, 9.17) is 5.73 Å². The number of nitrogen functional groups attached to an aromatic ring is 1. The van der Waals surface area contributed by atoms with Crippen LogP contribution in [0.5, 0.6) is 0 Å². The summed E-state index contributed by atoms with van der Waals surface area (Å²) < 4.78 is 0. The lowest BCUT2D eigenvalue weighted by atomic mass is 9.75. The summed E-state index contributed by atoms with van der Waals surface area (Å²) in [7, 11) is 1.71. The Morgan fingerprint density at radius 3 is 2.42 bits per heavy atom. The number of carbonyl (C=O) groups excluding carboxylic acids is 3. The second-order valence-electron chi connectivity index (χ2n) is 10.8. The first-order valence-corrected chi connectivity index (χ1v) is 13.3. The Balaban J connectivity index is 1.37. The molecule has 0 bridgehead atoms. The largest absolute Gasteiger partial charge is 0.384 e. The van der Waals surface area contributed by atoms with Crippen LogP contribution in [0.3, 0.4) is 0 Å². The number of hydrogen-bond acceptors (Lipinski definition) is 5. The van der Waals surface area contributed by atoms with Crippen molar-refractivity contribution < 1.29 is 14.4 Å². The number of pyridine rings is 1. The van der Waals surface area contributed by atoms with Gasteiger partial charge in [0.2, 0.25) is 11.8 Å². The number of carbonyl (C=O) groups is 3. The highest BCUT2D eigenvalue weighted by Gasteiger charge is 2.55. The fraction of sp³-hybridized carbons (Fsp3) is 0.517. The first kappa shape index (κ1) is 24.5. The van der Waals surface area contributed by atoms with E-state index in [-0.39, 0.29) is 17.7 Å². The maximum Gasteiger partial charge on any atom is 0.250 e. The SMILES string of the molecule is CN(C(=O)[C@@H]1[C@@H](Cc2ccnc(N)c2)C(=O)N1C(=O)C[C@@H](C1CCCCC1)C1CC1)c1ccccc1. The highest BCUT2D eigenvalue weighted by molar-refractivity contribution is 6.12. The minimum absolute atomic E-state index is 0.187. The molecule has 0 spiro atoms. The van der Waals surface area contributed by atoms with Gasteiger partial charge in [0.15, 0.2) is 0 Å². The lowest BCUT2D eigenvalue weighted by Gasteiger charge is -2.46. The third-order valence-corrected chi connectivity index (χ3v) is 8.40. The molecule has 1 aliphatic heterocycles. The topological polar surface area (TPSA) is 96.6 Å². The van der Waals surface area contributed by atoms with Crippen molar-refractivity contribution in [2.45, 2.75) is 63.8 Å². The van der Waals surface area contributed by atoms with Crippen LogP contribution in [0.1, 0.15) is 56.9 Å². The Labute approximate surface area is 213 Å². The van der Waals surface area contributed by atoms with Gasteiger partial charge in [0.1, 0.15) is 11.9 Å². The smallest absolute Gasteiger partial charge is 0.250 e. The van der Waals surface area contributed by atoms with Gasteiger partial charge in [-0.1, -0.05) is 50.3 Å². The molecule has 2 saturated carbocycles. The zero-order chi connectivity index (χ0) is 25.2. The van der Waals surface area contributed by atoms with Crippen molar-refractivity contribution in [1.82, 2.24) is 9.88 Å². The minimum Gasteiger partial charge on any atom is -0.384 e. The zero-order valence-electron chi connectivity index (χ0n) is 21.0. The van der Waals surface area contributed by atoms with Crippen molar-refractivity contribution in [2.24, 2.45) is 23.7 Å². The van der Waals surface area contributed by atoms with Crippen molar-refractivity contribution >= 4 is 29.2 Å². The average Bonchev–Trinajstić information content (AvgIpc) is 3.74. The molecule has 2 aromatic rings. The van der Waals surface area contributed by atoms with Crippen LogP contribution in [-0.4, -0.2) is 40.7 Å². The molecule has 7 heteroatoms. The summed E-state index contributed by atoms with van der Waals surface area (Å²) in [6, 6.07) is 12.1. The summed E-state index contributed by atoms with van der Waals surface area (Å²) >= 11 is 0. The monoisotopic (exact) mass is 488 g/mol. The summed E-state index contributed by atoms with van der Waals surface area (Å²) in [5.74, 6) is 0.573. The molecule has 7 nitrogen and oxygen atoms in total. The Morgan fingerprint density at radius 1 is 1.06 bits per heavy atom. The molecule has 5 rings (SSSR count). The first-order valence-electron chi connectivity index (χ1n) is 13.3. The number of likely N-dealkylation sites (tertiary alicyclic amines) is 1. The third-order valence-electron chi connectivity index (χ3n) is 8.40. The predicted molar refractivity (Wildman–Crippen MR) is 139 cm³/mol. The van der Waals surface area contributed by atoms with E-state index in [2.05, 4.69) is 4.98 Å². The van der Waals surface area contributed by atoms with Crippen LogP contribution < -0.4 is 10.6 Å². The highest BCUT2D eigenvalue weighted by atomic mass is 16.2. The van der Waals surface area contributed by atoms with E-state index < -0.39 is 12.0 Å². The van der Waals surface area contributed by atoms with Gasteiger partial charge in [-0.05, 0) is 66.8 Å². The van der Waals surface area contributed by atoms with Gasteiger partial charge in [0.05, 0.1) is 5.92 Å². The number of likely N-dealkylation sites (N-methyl/N-ethyl adjacent to an activating group) is 1. The number of β-lactam (4-membered cyclic amide) rings is 1. The Kier molecular flexibility index (Phi) is 7.08. The highest BCUT2D eigenvalue weighted by Crippen LogP contribution is 2.47. The van der Waals surface area contributed by atoms with Crippen molar-refractivity contribution in [3.8, 4) is 0 Å². The van der Waals surface area contributed by atoms with E-state index in [9.17, 15) is 14.4 Å². The van der Waals surface area contributed by atoms with Crippen molar-refractivity contribution in [2.75, 3.05) is 17.7 Å². The summed E-state index contributed by atoms with van der Waals surface area (Å²) in [6.45, 7) is 0. The van der Waals surface area contributed by atoms with Crippen molar-refractivity contribution in [3.05, 3.63) is 54.2 Å². The van der Waals surface area contributed by atoms with Crippen LogP contribution in [0.15, 0.2) is 48.7 Å². The molecule has 3 fully saturated rings. The van der Waals surface area contributed by atoms with Crippen LogP contribution in [0.2, 0.25) is 0 Å². The minimum atomic E-state index is -0.809. The van der Waals surface area contributed by atoms with Crippen LogP contribution in [0.25, 0.3) is 0 Å². The molecule has 2 aliphatic carbocycles. The summed E-state index contributed by atoms with van der Waals surface area (Å²) in [6.07, 6.45) is 10.8. The Bertz CT molecular complexity index is 1110. The average molecular weight is 489 g/mol. The lowest BCUT2D eigenvalue weighted by Crippen LogP contribution is -2.69. The van der Waals surface area contributed by atoms with Crippen molar-refractivity contribution in [1.29, 1.82) is 0 Å². The quantitative estimate of drug-likeness (QED) is 0.561. The fourth-order valence-corrected chi connectivity index (χ4v) is 6.27. The summed E-state index contributed by atoms with van der Waals surface area (Å²) in [5.41, 5.74) is 7.42. The molecule has 1 saturated heterocycles. The molecule has 1 aromatic heterocycles. The van der Waals surface area contributed by atoms with Crippen LogP contribution in [-0.2, 0) is 20.8 Å². The molecular weight excluding hydrogens is 452 g/mol. The Hall–Kier alpha value is -3.22. The second kappa shape index (κ2) is 10.4. The van der Waals surface area contributed by atoms with Crippen LogP contribution in [0, 0.1) is 23.7 Å². The fourth-order valence-electron chi connectivity index (χ4n) is 6.27. The number of nitrogens with zero attached hydrogens (tertiary/aromatic N) is 3. The number of aromatic nitrogens is 1. The molecule has 3 aliphatic rings. The van der Waals surface area contributed by atoms with E-state index in [0.29, 0.717) is 36.4 Å². The molecular formula is C29H36N4O3. The molecule has 1 aromatic carbocycles. The maximum absolute atomic E-state index is 13.7. The van der Waals surface area contributed by atoms with Gasteiger partial charge in [-0.15, -0.1) is 0 Å². The summed E-state index contributed by atoms with van der Waals surface area (Å²) in [5, 5.41) is 0. The van der Waals surface area contributed by atoms with Gasteiger partial charge in [-0.25, -0.2) is 4.98 Å². The summed E-state index contributed by atoms with van der Waals surface area (Å²) in [4.78, 5) is 47.6. The first-order chi connectivity index (χ1) is 17.4. The van der Waals surface area contributed by atoms with E-state index in [0.717, 1.165) is 11.3 Å². The van der Waals surface area contributed by atoms with Gasteiger partial charge in [0.25, 0.3) is 5.91 Å². The second-order valence-corrected chi connectivity index (χ2v) is 10.8. The van der Waals surface area contributed by atoms with Gasteiger partial charge < -0.3 is 10.6 Å². The maximum atomic E-state index is 13.7. The number of anilines is 2. The number of hydrogen-bond donors (Lipinski definition) is 1. The van der Waals surface area contributed by atoms with Gasteiger partial charge >= 0.3 is 0 Å². The van der Waals surface area contributed by atoms with E-state index in [1.807, 2.05) is 36.4 Å². The molecule has 3 atom stereocenters. The molecule has 0 radical (unpaired) electrons. The van der Waals surface area contributed by atoms with E-state index in [1.54, 1.807) is 24.2 Å². The standard InChI is InChI=1S/C29H36N4O3/c1-32(22-10-6-3-7-11-22)29(36)27-24(16-19-14-15-31-25(30)17-19)28(35)33(27)26(34)18-23(21-12-13-21)20-8-4-2-5-9-20/h3,6-7,10-11,14-15,17,20-21,23-24,27H,2,4-5,8-9,12-13,16,18H2,1H3,(H2,30,31)/t23-,24+,27-/m0/s1. The molecule has 36 heavy (non-hydrogen) atoms. The third kappa shape index (κ3) is 5.01. The van der Waals surface area contributed by atoms with Crippen LogP contribution >= 0.6 is 0 Å². The number of nitrogens with two attached hydrogens (primary N) is 1. The van der Waals surface area contributed by atoms with Gasteiger partial charge in [-0.2, -0.15) is 0 Å². The Morgan fingerprint density at radius 2 is 1.75 bits per heavy atom. The van der Waals surface area contributed by atoms with Gasteiger partial charge in [-0.3, -0.25) is 19.3 Å². The number of benzene rings is 1. The molecule has 0 unspecified atom stereocenters. The van der Waals surface area contributed by atoms with E-state index in [1.165, 1.54) is 49.8 Å². The number of amides is 3. The zero-order valence-corrected chi connectivity index (χ0v) is 21.0. The predicted octanol–water partition coefficient (Wildman–Crippen LogP) is 4.22. The van der Waals surface area contributed by atoms with Crippen molar-refractivity contribution in [3.63, 3.8) is 0 Å². The number of para-hydroxylation sites is 1. The van der Waals surface area contributed by atoms with E-state index >= 15 is 0 Å². The molecule has 2 N–H and O–H groups in total.